The third kappa shape index (κ3) is 2.90. The van der Waals surface area contributed by atoms with Crippen LogP contribution >= 0.6 is 0 Å². The highest BCUT2D eigenvalue weighted by Crippen LogP contribution is 2.34. The third-order valence-electron chi connectivity index (χ3n) is 3.96. The van der Waals surface area contributed by atoms with Crippen LogP contribution in [0.5, 0.6) is 0 Å². The minimum absolute atomic E-state index is 0.145. The fourth-order valence-corrected chi connectivity index (χ4v) is 2.91. The number of fused-ring (bicyclic) bond motifs is 1. The van der Waals surface area contributed by atoms with Crippen molar-refractivity contribution in [2.45, 2.75) is 31.6 Å². The van der Waals surface area contributed by atoms with Gasteiger partial charge in [0.15, 0.2) is 0 Å². The van der Waals surface area contributed by atoms with Crippen molar-refractivity contribution >= 4 is 5.91 Å². The number of carbonyl (C=O) groups excluding carboxylic acids is 1. The van der Waals surface area contributed by atoms with E-state index in [4.69, 9.17) is 0 Å². The van der Waals surface area contributed by atoms with Crippen molar-refractivity contribution in [2.24, 2.45) is 0 Å². The molecule has 0 radical (unpaired) electrons. The van der Waals surface area contributed by atoms with E-state index in [0.29, 0.717) is 18.9 Å². The van der Waals surface area contributed by atoms with Gasteiger partial charge in [0.2, 0.25) is 5.91 Å². The van der Waals surface area contributed by atoms with E-state index in [2.05, 4.69) is 39.6 Å². The van der Waals surface area contributed by atoms with Crippen LogP contribution in [0.15, 0.2) is 36.8 Å². The van der Waals surface area contributed by atoms with Gasteiger partial charge in [0.1, 0.15) is 0 Å². The van der Waals surface area contributed by atoms with E-state index in [9.17, 15) is 4.79 Å². The molecule has 3 rings (SSSR count). The first kappa shape index (κ1) is 12.9. The van der Waals surface area contributed by atoms with E-state index in [1.165, 1.54) is 11.1 Å². The Kier molecular flexibility index (Phi) is 3.81. The van der Waals surface area contributed by atoms with Crippen LogP contribution in [0.2, 0.25) is 0 Å². The zero-order chi connectivity index (χ0) is 13.8. The number of amides is 1. The van der Waals surface area contributed by atoms with Gasteiger partial charge in [-0.2, -0.15) is 0 Å². The molecule has 4 heteroatoms. The fraction of sp³-hybridized carbons (Fsp3) is 0.375. The van der Waals surface area contributed by atoms with Crippen molar-refractivity contribution in [1.82, 2.24) is 15.3 Å². The average molecular weight is 269 g/mol. The molecule has 0 saturated heterocycles. The number of hydrogen-bond acceptors (Lipinski definition) is 2. The van der Waals surface area contributed by atoms with E-state index in [1.807, 2.05) is 0 Å². The van der Waals surface area contributed by atoms with Crippen molar-refractivity contribution in [3.05, 3.63) is 53.6 Å². The number of nitrogens with zero attached hydrogens (tertiary/aromatic N) is 1. The summed E-state index contributed by atoms with van der Waals surface area (Å²) in [4.78, 5) is 19.0. The normalized spacial score (nSPS) is 16.9. The van der Waals surface area contributed by atoms with Gasteiger partial charge in [0, 0.05) is 31.3 Å². The van der Waals surface area contributed by atoms with Gasteiger partial charge in [0.25, 0.3) is 0 Å². The lowest BCUT2D eigenvalue weighted by Crippen LogP contribution is -2.26. The second kappa shape index (κ2) is 5.90. The van der Waals surface area contributed by atoms with E-state index >= 15 is 0 Å². The van der Waals surface area contributed by atoms with Crippen LogP contribution in [0.25, 0.3) is 0 Å². The average Bonchev–Trinajstić information content (AvgIpc) is 3.09. The Labute approximate surface area is 118 Å². The van der Waals surface area contributed by atoms with Crippen LogP contribution in [0, 0.1) is 0 Å². The molecule has 0 fully saturated rings. The molecule has 1 aliphatic rings. The zero-order valence-corrected chi connectivity index (χ0v) is 11.4. The lowest BCUT2D eigenvalue weighted by molar-refractivity contribution is -0.121. The fourth-order valence-electron chi connectivity index (χ4n) is 2.91. The zero-order valence-electron chi connectivity index (χ0n) is 11.4. The van der Waals surface area contributed by atoms with Crippen molar-refractivity contribution < 1.29 is 4.79 Å². The van der Waals surface area contributed by atoms with Crippen LogP contribution < -0.4 is 5.32 Å². The number of aromatic nitrogens is 2. The maximum Gasteiger partial charge on any atom is 0.220 e. The Morgan fingerprint density at radius 3 is 3.15 bits per heavy atom. The molecule has 0 saturated carbocycles. The van der Waals surface area contributed by atoms with E-state index in [0.717, 1.165) is 25.0 Å². The van der Waals surface area contributed by atoms with Crippen LogP contribution in [0.1, 0.15) is 35.6 Å². The highest BCUT2D eigenvalue weighted by atomic mass is 16.1. The second-order valence-corrected chi connectivity index (χ2v) is 5.32. The van der Waals surface area contributed by atoms with Crippen molar-refractivity contribution in [2.75, 3.05) is 6.54 Å². The second-order valence-electron chi connectivity index (χ2n) is 5.32. The van der Waals surface area contributed by atoms with Crippen LogP contribution in [0.3, 0.4) is 0 Å². The number of rotatable bonds is 5. The molecule has 0 aliphatic heterocycles. The minimum Gasteiger partial charge on any atom is -0.356 e. The third-order valence-corrected chi connectivity index (χ3v) is 3.96. The topological polar surface area (TPSA) is 57.8 Å². The van der Waals surface area contributed by atoms with Gasteiger partial charge in [-0.3, -0.25) is 4.79 Å². The van der Waals surface area contributed by atoms with Gasteiger partial charge in [-0.05, 0) is 29.9 Å². The number of nitrogens with one attached hydrogen (secondary N) is 2. The van der Waals surface area contributed by atoms with Gasteiger partial charge in [-0.1, -0.05) is 24.3 Å². The first-order valence-electron chi connectivity index (χ1n) is 7.14. The summed E-state index contributed by atoms with van der Waals surface area (Å²) in [7, 11) is 0. The Bertz CT molecular complexity index is 577. The first-order chi connectivity index (χ1) is 9.83. The highest BCUT2D eigenvalue weighted by molar-refractivity contribution is 5.77. The number of benzene rings is 1. The molecule has 0 unspecified atom stereocenters. The summed E-state index contributed by atoms with van der Waals surface area (Å²) in [6.45, 7) is 0.662. The maximum atomic E-state index is 12.0. The van der Waals surface area contributed by atoms with Gasteiger partial charge >= 0.3 is 0 Å². The Balaban J connectivity index is 1.48. The smallest absolute Gasteiger partial charge is 0.220 e. The molecular formula is C16H19N3O. The number of aryl methyl sites for hydroxylation is 1. The number of carbonyl (C=O) groups is 1. The highest BCUT2D eigenvalue weighted by Gasteiger charge is 2.23. The van der Waals surface area contributed by atoms with E-state index in [-0.39, 0.29) is 5.91 Å². The molecule has 1 amide bonds. The predicted molar refractivity (Wildman–Crippen MR) is 77.4 cm³/mol. The standard InChI is InChI=1S/C16H19N3O/c20-16(18-8-7-14-10-17-11-19-14)9-13-6-5-12-3-1-2-4-15(12)13/h1-4,10-11,13H,5-9H2,(H,17,19)(H,18,20)/t13-/m1/s1. The molecule has 1 atom stereocenters. The van der Waals surface area contributed by atoms with Crippen molar-refractivity contribution in [3.8, 4) is 0 Å². The summed E-state index contributed by atoms with van der Waals surface area (Å²) in [6.07, 6.45) is 7.04. The SMILES string of the molecule is O=C(C[C@H]1CCc2ccccc21)NCCc1cnc[nH]1. The summed E-state index contributed by atoms with van der Waals surface area (Å²) in [5, 5.41) is 2.99. The maximum absolute atomic E-state index is 12.0. The summed E-state index contributed by atoms with van der Waals surface area (Å²) < 4.78 is 0. The molecule has 1 heterocycles. The Hall–Kier alpha value is -2.10. The van der Waals surface area contributed by atoms with Crippen molar-refractivity contribution in [1.29, 1.82) is 0 Å². The predicted octanol–water partition coefficient (Wildman–Crippen LogP) is 2.19. The molecule has 2 aromatic rings. The summed E-state index contributed by atoms with van der Waals surface area (Å²) in [5.41, 5.74) is 3.82. The monoisotopic (exact) mass is 269 g/mol. The summed E-state index contributed by atoms with van der Waals surface area (Å²) >= 11 is 0. The minimum atomic E-state index is 0.145. The van der Waals surface area contributed by atoms with Crippen LogP contribution in [0.4, 0.5) is 0 Å². The molecule has 0 spiro atoms. The van der Waals surface area contributed by atoms with Gasteiger partial charge in [0.05, 0.1) is 6.33 Å². The molecule has 1 aromatic carbocycles. The van der Waals surface area contributed by atoms with Gasteiger partial charge < -0.3 is 10.3 Å². The molecule has 0 bridgehead atoms. The number of imidazole rings is 1. The largest absolute Gasteiger partial charge is 0.356 e. The first-order valence-corrected chi connectivity index (χ1v) is 7.14. The van der Waals surface area contributed by atoms with E-state index < -0.39 is 0 Å². The van der Waals surface area contributed by atoms with Gasteiger partial charge in [-0.15, -0.1) is 0 Å². The number of H-pyrrole nitrogens is 1. The molecule has 104 valence electrons. The molecule has 1 aromatic heterocycles. The number of hydrogen-bond donors (Lipinski definition) is 2. The summed E-state index contributed by atoms with van der Waals surface area (Å²) in [6, 6.07) is 8.47. The summed E-state index contributed by atoms with van der Waals surface area (Å²) in [5.74, 6) is 0.532. The quantitative estimate of drug-likeness (QED) is 0.874. The van der Waals surface area contributed by atoms with Gasteiger partial charge in [-0.25, -0.2) is 4.98 Å². The van der Waals surface area contributed by atoms with Crippen LogP contribution in [-0.2, 0) is 17.6 Å². The molecule has 20 heavy (non-hydrogen) atoms. The lowest BCUT2D eigenvalue weighted by Gasteiger charge is -2.11. The lowest BCUT2D eigenvalue weighted by atomic mass is 9.97. The van der Waals surface area contributed by atoms with Crippen molar-refractivity contribution in [3.63, 3.8) is 0 Å². The van der Waals surface area contributed by atoms with E-state index in [1.54, 1.807) is 12.5 Å². The Morgan fingerprint density at radius 1 is 1.40 bits per heavy atom. The molecular weight excluding hydrogens is 250 g/mol. The Morgan fingerprint density at radius 2 is 2.30 bits per heavy atom. The van der Waals surface area contributed by atoms with Crippen LogP contribution in [-0.4, -0.2) is 22.4 Å². The number of aromatic amines is 1. The molecule has 4 nitrogen and oxygen atoms in total. The molecule has 1 aliphatic carbocycles. The molecule has 2 N–H and O–H groups in total.